The summed E-state index contributed by atoms with van der Waals surface area (Å²) in [6.45, 7) is 1.30. The smallest absolute Gasteiger partial charge is 0.335 e. The molecule has 37 heavy (non-hydrogen) atoms. The van der Waals surface area contributed by atoms with Crippen molar-refractivity contribution in [3.63, 3.8) is 0 Å². The van der Waals surface area contributed by atoms with Gasteiger partial charge < -0.3 is 14.5 Å². The number of carbonyl (C=O) groups excluding carboxylic acids is 3. The van der Waals surface area contributed by atoms with E-state index in [9.17, 15) is 14.4 Å². The lowest BCUT2D eigenvalue weighted by molar-refractivity contribution is -0.144. The average molecular weight is 501 g/mol. The average Bonchev–Trinajstić information content (AvgIpc) is 2.92. The van der Waals surface area contributed by atoms with Gasteiger partial charge in [-0.3, -0.25) is 14.9 Å². The number of anilines is 3. The van der Waals surface area contributed by atoms with Gasteiger partial charge in [-0.25, -0.2) is 14.1 Å². The molecule has 0 bridgehead atoms. The van der Waals surface area contributed by atoms with Gasteiger partial charge in [-0.1, -0.05) is 30.3 Å². The number of methoxy groups -OCH3 is 1. The van der Waals surface area contributed by atoms with Gasteiger partial charge in [0.15, 0.2) is 5.41 Å². The van der Waals surface area contributed by atoms with E-state index < -0.39 is 35.1 Å². The number of halogens is 1. The highest BCUT2D eigenvalue weighted by atomic mass is 19.1. The van der Waals surface area contributed by atoms with Crippen molar-refractivity contribution < 1.29 is 23.5 Å². The van der Waals surface area contributed by atoms with E-state index in [1.807, 2.05) is 35.2 Å². The number of nitrogens with zero attached hydrogens (tertiary/aromatic N) is 3. The Morgan fingerprint density at radius 3 is 2.41 bits per heavy atom. The van der Waals surface area contributed by atoms with E-state index in [0.717, 1.165) is 10.6 Å². The van der Waals surface area contributed by atoms with Crippen LogP contribution >= 0.6 is 0 Å². The molecule has 0 aromatic heterocycles. The van der Waals surface area contributed by atoms with Crippen molar-refractivity contribution >= 4 is 34.9 Å². The van der Waals surface area contributed by atoms with E-state index in [0.29, 0.717) is 42.3 Å². The molecule has 0 saturated carbocycles. The molecule has 2 saturated heterocycles. The summed E-state index contributed by atoms with van der Waals surface area (Å²) in [6, 6.07) is 19.4. The molecule has 6 rings (SSSR count). The Hall–Kier alpha value is -4.40. The number of benzene rings is 3. The van der Waals surface area contributed by atoms with Crippen LogP contribution in [0.15, 0.2) is 72.8 Å². The number of rotatable bonds is 3. The fourth-order valence-corrected chi connectivity index (χ4v) is 5.86. The van der Waals surface area contributed by atoms with Crippen molar-refractivity contribution in [3.8, 4) is 5.75 Å². The number of imide groups is 2. The molecule has 3 aromatic carbocycles. The van der Waals surface area contributed by atoms with Crippen molar-refractivity contribution in [1.29, 1.82) is 0 Å². The van der Waals surface area contributed by atoms with Crippen molar-refractivity contribution in [2.45, 2.75) is 12.5 Å². The number of amides is 4. The molecule has 1 N–H and O–H groups in total. The molecule has 0 radical (unpaired) electrons. The van der Waals surface area contributed by atoms with E-state index in [1.54, 1.807) is 36.4 Å². The number of barbiturate groups is 1. The molecule has 0 aliphatic carbocycles. The summed E-state index contributed by atoms with van der Waals surface area (Å²) in [6.07, 6.45) is -0.0194. The summed E-state index contributed by atoms with van der Waals surface area (Å²) in [4.78, 5) is 46.0. The van der Waals surface area contributed by atoms with Gasteiger partial charge >= 0.3 is 6.03 Å². The molecular weight excluding hydrogens is 475 g/mol. The lowest BCUT2D eigenvalue weighted by atomic mass is 9.67. The number of ether oxygens (including phenoxy) is 1. The molecule has 3 aliphatic heterocycles. The van der Waals surface area contributed by atoms with Crippen LogP contribution in [-0.4, -0.2) is 50.6 Å². The molecule has 4 amide bonds. The van der Waals surface area contributed by atoms with Crippen molar-refractivity contribution in [2.24, 2.45) is 5.41 Å². The first-order valence-corrected chi connectivity index (χ1v) is 12.1. The molecule has 2 fully saturated rings. The summed E-state index contributed by atoms with van der Waals surface area (Å²) in [5.41, 5.74) is 0.615. The SMILES string of the molecule is COc1ccc(N2C(=O)NC(=O)[C@@]3(Cc4cccc(F)c4N4CCN(c5ccccc5)C[C@H]43)C2=O)cc1. The maximum Gasteiger partial charge on any atom is 0.335 e. The molecule has 8 nitrogen and oxygen atoms in total. The molecule has 0 unspecified atom stereocenters. The zero-order chi connectivity index (χ0) is 25.7. The number of nitrogens with one attached hydrogen (secondary N) is 1. The van der Waals surface area contributed by atoms with E-state index >= 15 is 4.39 Å². The number of carbonyl (C=O) groups is 3. The molecule has 3 aromatic rings. The van der Waals surface area contributed by atoms with Gasteiger partial charge in [0.25, 0.3) is 5.91 Å². The van der Waals surface area contributed by atoms with Gasteiger partial charge in [0.2, 0.25) is 5.91 Å². The van der Waals surface area contributed by atoms with Crippen LogP contribution in [0.2, 0.25) is 0 Å². The first-order chi connectivity index (χ1) is 17.9. The van der Waals surface area contributed by atoms with Crippen LogP contribution in [0.25, 0.3) is 0 Å². The number of urea groups is 1. The molecular formula is C28H25FN4O4. The third-order valence-electron chi connectivity index (χ3n) is 7.64. The fourth-order valence-electron chi connectivity index (χ4n) is 5.86. The topological polar surface area (TPSA) is 82.2 Å². The van der Waals surface area contributed by atoms with Crippen LogP contribution in [0.5, 0.6) is 5.75 Å². The van der Waals surface area contributed by atoms with Gasteiger partial charge in [-0.2, -0.15) is 0 Å². The van der Waals surface area contributed by atoms with Gasteiger partial charge in [0.1, 0.15) is 11.6 Å². The first-order valence-electron chi connectivity index (χ1n) is 12.1. The second kappa shape index (κ2) is 8.62. The van der Waals surface area contributed by atoms with Gasteiger partial charge in [0.05, 0.1) is 24.5 Å². The van der Waals surface area contributed by atoms with Crippen LogP contribution in [-0.2, 0) is 16.0 Å². The van der Waals surface area contributed by atoms with Gasteiger partial charge in [-0.05, 0) is 48.0 Å². The monoisotopic (exact) mass is 500 g/mol. The lowest BCUT2D eigenvalue weighted by Gasteiger charge is -2.55. The Morgan fingerprint density at radius 1 is 0.919 bits per heavy atom. The molecule has 2 atom stereocenters. The van der Waals surface area contributed by atoms with Crippen LogP contribution < -0.4 is 24.8 Å². The number of para-hydroxylation sites is 2. The minimum absolute atomic E-state index is 0.0194. The third kappa shape index (κ3) is 3.45. The van der Waals surface area contributed by atoms with E-state index in [2.05, 4.69) is 10.2 Å². The quantitative estimate of drug-likeness (QED) is 0.556. The van der Waals surface area contributed by atoms with E-state index in [4.69, 9.17) is 4.74 Å². The maximum atomic E-state index is 15.2. The number of hydrogen-bond acceptors (Lipinski definition) is 6. The summed E-state index contributed by atoms with van der Waals surface area (Å²) in [7, 11) is 1.52. The summed E-state index contributed by atoms with van der Waals surface area (Å²) in [5.74, 6) is -1.10. The van der Waals surface area contributed by atoms with E-state index in [1.165, 1.54) is 13.2 Å². The Balaban J connectivity index is 1.49. The Morgan fingerprint density at radius 2 is 1.68 bits per heavy atom. The van der Waals surface area contributed by atoms with Crippen LogP contribution in [0.4, 0.5) is 26.2 Å². The van der Waals surface area contributed by atoms with Crippen LogP contribution in [0.1, 0.15) is 5.56 Å². The maximum absolute atomic E-state index is 15.2. The normalized spacial score (nSPS) is 23.0. The second-order valence-electron chi connectivity index (χ2n) is 9.48. The number of fused-ring (bicyclic) bond motifs is 4. The predicted octanol–water partition coefficient (Wildman–Crippen LogP) is 3.36. The van der Waals surface area contributed by atoms with Crippen molar-refractivity contribution in [1.82, 2.24) is 5.32 Å². The molecule has 1 spiro atoms. The lowest BCUT2D eigenvalue weighted by Crippen LogP contribution is -2.75. The Kier molecular flexibility index (Phi) is 5.36. The third-order valence-corrected chi connectivity index (χ3v) is 7.64. The van der Waals surface area contributed by atoms with Crippen molar-refractivity contribution in [3.05, 3.63) is 84.2 Å². The molecule has 3 heterocycles. The molecule has 188 valence electrons. The second-order valence-corrected chi connectivity index (χ2v) is 9.48. The van der Waals surface area contributed by atoms with Crippen LogP contribution in [0.3, 0.4) is 0 Å². The standard InChI is InChI=1S/C28H25FN4O4/c1-37-21-12-10-20(11-13-21)33-26(35)28(25(34)30-27(33)36)16-18-6-5-9-22(29)24(18)32-15-14-31(17-23(28)32)19-7-3-2-4-8-19/h2-13,23H,14-17H2,1H3,(H,30,34,36)/t23-,28-/m0/s1. The number of hydrogen-bond donors (Lipinski definition) is 1. The van der Waals surface area contributed by atoms with Crippen LogP contribution in [0, 0.1) is 11.2 Å². The minimum atomic E-state index is -1.64. The zero-order valence-corrected chi connectivity index (χ0v) is 20.2. The fraction of sp³-hybridized carbons (Fsp3) is 0.250. The summed E-state index contributed by atoms with van der Waals surface area (Å²) < 4.78 is 20.4. The molecule has 3 aliphatic rings. The molecule has 9 heteroatoms. The highest BCUT2D eigenvalue weighted by Crippen LogP contribution is 2.47. The minimum Gasteiger partial charge on any atom is -0.497 e. The Bertz CT molecular complexity index is 1400. The van der Waals surface area contributed by atoms with Gasteiger partial charge in [0, 0.05) is 31.7 Å². The predicted molar refractivity (Wildman–Crippen MR) is 136 cm³/mol. The largest absolute Gasteiger partial charge is 0.497 e. The number of piperazine rings is 1. The highest BCUT2D eigenvalue weighted by molar-refractivity contribution is 6.30. The Labute approximate surface area is 213 Å². The first kappa shape index (κ1) is 23.0. The zero-order valence-electron chi connectivity index (χ0n) is 20.2. The van der Waals surface area contributed by atoms with Crippen molar-refractivity contribution in [2.75, 3.05) is 41.4 Å². The summed E-state index contributed by atoms with van der Waals surface area (Å²) >= 11 is 0. The van der Waals surface area contributed by atoms with Gasteiger partial charge in [-0.15, -0.1) is 0 Å². The highest BCUT2D eigenvalue weighted by Gasteiger charge is 2.63. The van der Waals surface area contributed by atoms with E-state index in [-0.39, 0.29) is 6.42 Å². The summed E-state index contributed by atoms with van der Waals surface area (Å²) in [5, 5.41) is 2.44.